The van der Waals surface area contributed by atoms with Gasteiger partial charge in [0.15, 0.2) is 0 Å². The number of hydrogen-bond donors (Lipinski definition) is 1. The van der Waals surface area contributed by atoms with Gasteiger partial charge < -0.3 is 5.32 Å². The summed E-state index contributed by atoms with van der Waals surface area (Å²) in [6, 6.07) is 17.9. The van der Waals surface area contributed by atoms with Crippen LogP contribution in [0.1, 0.15) is 5.56 Å². The molecule has 0 aromatic heterocycles. The first-order valence-electron chi connectivity index (χ1n) is 9.30. The number of hydrogen-bond acceptors (Lipinski definition) is 3. The Morgan fingerprint density at radius 3 is 2.32 bits per heavy atom. The van der Waals surface area contributed by atoms with E-state index in [1.165, 1.54) is 12.1 Å². The number of halogens is 3. The van der Waals surface area contributed by atoms with Crippen molar-refractivity contribution in [2.24, 2.45) is 0 Å². The number of rotatable bonds is 8. The molecule has 0 radical (unpaired) electrons. The minimum absolute atomic E-state index is 0.0218. The van der Waals surface area contributed by atoms with Gasteiger partial charge in [-0.25, -0.2) is 17.2 Å². The summed E-state index contributed by atoms with van der Waals surface area (Å²) in [5.41, 5.74) is 0.545. The van der Waals surface area contributed by atoms with Crippen molar-refractivity contribution in [2.45, 2.75) is 11.3 Å². The Morgan fingerprint density at radius 1 is 0.968 bits per heavy atom. The van der Waals surface area contributed by atoms with Crippen molar-refractivity contribution >= 4 is 37.5 Å². The summed E-state index contributed by atoms with van der Waals surface area (Å²) in [5, 5.41) is 2.24. The molecule has 0 atom stereocenters. The second-order valence-corrected chi connectivity index (χ2v) is 9.55. The zero-order chi connectivity index (χ0) is 22.4. The maximum absolute atomic E-state index is 13.9. The number of nitrogens with one attached hydrogen (secondary N) is 1. The largest absolute Gasteiger partial charge is 0.322 e. The van der Waals surface area contributed by atoms with E-state index >= 15 is 0 Å². The molecule has 31 heavy (non-hydrogen) atoms. The van der Waals surface area contributed by atoms with Crippen molar-refractivity contribution in [3.8, 4) is 0 Å². The summed E-state index contributed by atoms with van der Waals surface area (Å²) in [5.74, 6) is -2.32. The molecule has 9 heteroatoms. The van der Waals surface area contributed by atoms with Gasteiger partial charge in [-0.15, -0.1) is 0 Å². The molecule has 3 rings (SSSR count). The van der Waals surface area contributed by atoms with Gasteiger partial charge in [-0.2, -0.15) is 4.31 Å². The highest BCUT2D eigenvalue weighted by molar-refractivity contribution is 9.10. The highest BCUT2D eigenvalue weighted by Gasteiger charge is 2.27. The number of nitrogens with zero attached hydrogens (tertiary/aromatic N) is 1. The van der Waals surface area contributed by atoms with Crippen LogP contribution in [-0.4, -0.2) is 31.7 Å². The van der Waals surface area contributed by atoms with Gasteiger partial charge in [0.25, 0.3) is 0 Å². The van der Waals surface area contributed by atoms with Crippen LogP contribution in [0.5, 0.6) is 0 Å². The molecule has 0 fully saturated rings. The number of benzene rings is 3. The van der Waals surface area contributed by atoms with E-state index in [0.717, 1.165) is 28.1 Å². The highest BCUT2D eigenvalue weighted by Crippen LogP contribution is 2.20. The fraction of sp³-hybridized carbons (Fsp3) is 0.136. The minimum Gasteiger partial charge on any atom is -0.322 e. The van der Waals surface area contributed by atoms with Crippen LogP contribution in [0.15, 0.2) is 82.2 Å². The van der Waals surface area contributed by atoms with Crippen molar-refractivity contribution in [1.29, 1.82) is 0 Å². The average Bonchev–Trinajstić information content (AvgIpc) is 2.74. The zero-order valence-electron chi connectivity index (χ0n) is 16.3. The van der Waals surface area contributed by atoms with E-state index in [0.29, 0.717) is 10.9 Å². The van der Waals surface area contributed by atoms with Crippen LogP contribution in [0.25, 0.3) is 0 Å². The van der Waals surface area contributed by atoms with Crippen LogP contribution in [0, 0.1) is 11.6 Å². The summed E-state index contributed by atoms with van der Waals surface area (Å²) in [6.45, 7) is -0.525. The average molecular weight is 509 g/mol. The van der Waals surface area contributed by atoms with Crippen LogP contribution < -0.4 is 5.32 Å². The molecule has 0 spiro atoms. The molecule has 0 saturated heterocycles. The fourth-order valence-electron chi connectivity index (χ4n) is 2.88. The van der Waals surface area contributed by atoms with Gasteiger partial charge in [-0.1, -0.05) is 46.3 Å². The van der Waals surface area contributed by atoms with Crippen molar-refractivity contribution in [1.82, 2.24) is 4.31 Å². The predicted octanol–water partition coefficient (Wildman–Crippen LogP) is 4.60. The monoisotopic (exact) mass is 508 g/mol. The van der Waals surface area contributed by atoms with E-state index in [9.17, 15) is 22.0 Å². The third kappa shape index (κ3) is 6.19. The van der Waals surface area contributed by atoms with Crippen LogP contribution in [0.4, 0.5) is 14.5 Å². The topological polar surface area (TPSA) is 66.5 Å². The Morgan fingerprint density at radius 2 is 1.65 bits per heavy atom. The normalized spacial score (nSPS) is 11.5. The molecule has 0 bridgehead atoms. The van der Waals surface area contributed by atoms with E-state index in [-0.39, 0.29) is 17.1 Å². The first-order valence-corrected chi connectivity index (χ1v) is 11.5. The summed E-state index contributed by atoms with van der Waals surface area (Å²) < 4.78 is 55.3. The highest BCUT2D eigenvalue weighted by atomic mass is 79.9. The Balaban J connectivity index is 1.83. The van der Waals surface area contributed by atoms with E-state index in [4.69, 9.17) is 0 Å². The SMILES string of the molecule is O=C(CN(CCc1ccccc1)S(=O)(=O)c1ccc(Br)cc1)Nc1cc(F)ccc1F. The molecule has 0 heterocycles. The van der Waals surface area contributed by atoms with E-state index < -0.39 is 34.1 Å². The Hall–Kier alpha value is -2.62. The summed E-state index contributed by atoms with van der Waals surface area (Å²) in [4.78, 5) is 12.5. The predicted molar refractivity (Wildman–Crippen MR) is 118 cm³/mol. The van der Waals surface area contributed by atoms with Gasteiger partial charge in [0.2, 0.25) is 15.9 Å². The molecule has 1 amide bonds. The van der Waals surface area contributed by atoms with E-state index in [1.807, 2.05) is 30.3 Å². The van der Waals surface area contributed by atoms with Gasteiger partial charge in [-0.05, 0) is 48.4 Å². The Bertz CT molecular complexity index is 1160. The van der Waals surface area contributed by atoms with E-state index in [1.54, 1.807) is 12.1 Å². The molecule has 3 aromatic rings. The lowest BCUT2D eigenvalue weighted by molar-refractivity contribution is -0.116. The van der Waals surface area contributed by atoms with Gasteiger partial charge >= 0.3 is 0 Å². The third-order valence-corrected chi connectivity index (χ3v) is 6.85. The maximum Gasteiger partial charge on any atom is 0.243 e. The standard InChI is InChI=1S/C22H19BrF2N2O3S/c23-17-6-9-19(10-7-17)31(29,30)27(13-12-16-4-2-1-3-5-16)15-22(28)26-21-14-18(24)8-11-20(21)25/h1-11,14H,12-13,15H2,(H,26,28). The van der Waals surface area contributed by atoms with Crippen molar-refractivity contribution in [3.05, 3.63) is 94.5 Å². The van der Waals surface area contributed by atoms with Crippen LogP contribution in [0.2, 0.25) is 0 Å². The number of carbonyl (C=O) groups excluding carboxylic acids is 1. The lowest BCUT2D eigenvalue weighted by Crippen LogP contribution is -2.39. The van der Waals surface area contributed by atoms with Crippen LogP contribution >= 0.6 is 15.9 Å². The Labute approximate surface area is 187 Å². The lowest BCUT2D eigenvalue weighted by Gasteiger charge is -2.22. The molecule has 0 unspecified atom stereocenters. The zero-order valence-corrected chi connectivity index (χ0v) is 18.7. The first kappa shape index (κ1) is 23.1. The third-order valence-electron chi connectivity index (χ3n) is 4.47. The van der Waals surface area contributed by atoms with Gasteiger partial charge in [-0.3, -0.25) is 4.79 Å². The second kappa shape index (κ2) is 10.1. The molecule has 0 aliphatic heterocycles. The smallest absolute Gasteiger partial charge is 0.243 e. The number of amides is 1. The molecule has 162 valence electrons. The summed E-state index contributed by atoms with van der Waals surface area (Å²) in [6.07, 6.45) is 0.373. The lowest BCUT2D eigenvalue weighted by atomic mass is 10.1. The van der Waals surface area contributed by atoms with Gasteiger partial charge in [0, 0.05) is 17.1 Å². The van der Waals surface area contributed by atoms with E-state index in [2.05, 4.69) is 21.2 Å². The fourth-order valence-corrected chi connectivity index (χ4v) is 4.54. The number of sulfonamides is 1. The second-order valence-electron chi connectivity index (χ2n) is 6.70. The molecule has 3 aromatic carbocycles. The van der Waals surface area contributed by atoms with Crippen LogP contribution in [0.3, 0.4) is 0 Å². The van der Waals surface area contributed by atoms with Gasteiger partial charge in [0.1, 0.15) is 11.6 Å². The number of anilines is 1. The molecule has 0 aliphatic carbocycles. The molecular weight excluding hydrogens is 490 g/mol. The quantitative estimate of drug-likeness (QED) is 0.483. The van der Waals surface area contributed by atoms with Crippen LogP contribution in [-0.2, 0) is 21.2 Å². The molecular formula is C22H19BrF2N2O3S. The van der Waals surface area contributed by atoms with Gasteiger partial charge in [0.05, 0.1) is 17.1 Å². The minimum atomic E-state index is -4.01. The molecule has 1 N–H and O–H groups in total. The van der Waals surface area contributed by atoms with Crippen molar-refractivity contribution in [2.75, 3.05) is 18.4 Å². The maximum atomic E-state index is 13.9. The molecule has 5 nitrogen and oxygen atoms in total. The Kier molecular flexibility index (Phi) is 7.53. The molecule has 0 aliphatic rings. The summed E-state index contributed by atoms with van der Waals surface area (Å²) >= 11 is 3.26. The first-order chi connectivity index (χ1) is 14.8. The molecule has 0 saturated carbocycles. The van der Waals surface area contributed by atoms with Crippen molar-refractivity contribution < 1.29 is 22.0 Å². The number of carbonyl (C=O) groups is 1. The summed E-state index contributed by atoms with van der Waals surface area (Å²) in [7, 11) is -4.01. The van der Waals surface area contributed by atoms with Crippen molar-refractivity contribution in [3.63, 3.8) is 0 Å².